The summed E-state index contributed by atoms with van der Waals surface area (Å²) < 4.78 is 5.04. The van der Waals surface area contributed by atoms with Gasteiger partial charge in [-0.1, -0.05) is 0 Å². The van der Waals surface area contributed by atoms with Crippen molar-refractivity contribution in [3.05, 3.63) is 23.8 Å². The van der Waals surface area contributed by atoms with Crippen molar-refractivity contribution in [2.45, 2.75) is 24.3 Å². The van der Waals surface area contributed by atoms with Gasteiger partial charge in [0.05, 0.1) is 12.5 Å². The maximum absolute atomic E-state index is 11.4. The smallest absolute Gasteiger partial charge is 0.314 e. The van der Waals surface area contributed by atoms with Gasteiger partial charge in [-0.2, -0.15) is 0 Å². The van der Waals surface area contributed by atoms with E-state index >= 15 is 0 Å². The minimum absolute atomic E-state index is 0.0277. The van der Waals surface area contributed by atoms with E-state index in [0.717, 1.165) is 0 Å². The molecule has 0 amide bonds. The van der Waals surface area contributed by atoms with Crippen molar-refractivity contribution in [1.29, 1.82) is 0 Å². The summed E-state index contributed by atoms with van der Waals surface area (Å²) in [7, 11) is 1.50. The lowest BCUT2D eigenvalue weighted by molar-refractivity contribution is -0.148. The summed E-state index contributed by atoms with van der Waals surface area (Å²) in [6.45, 7) is 0. The lowest BCUT2D eigenvalue weighted by Gasteiger charge is -2.43. The molecule has 17 heavy (non-hydrogen) atoms. The highest BCUT2D eigenvalue weighted by atomic mass is 16.5. The number of rotatable bonds is 3. The van der Waals surface area contributed by atoms with E-state index in [-0.39, 0.29) is 11.8 Å². The molecular formula is C12H15NO4. The van der Waals surface area contributed by atoms with Crippen LogP contribution in [0.15, 0.2) is 18.2 Å². The van der Waals surface area contributed by atoms with Gasteiger partial charge in [-0.15, -0.1) is 0 Å². The molecule has 0 saturated heterocycles. The van der Waals surface area contributed by atoms with E-state index in [4.69, 9.17) is 10.5 Å². The van der Waals surface area contributed by atoms with Gasteiger partial charge in [0.25, 0.3) is 0 Å². The summed E-state index contributed by atoms with van der Waals surface area (Å²) in [5.41, 5.74) is 4.98. The number of aliphatic carboxylic acids is 1. The Morgan fingerprint density at radius 3 is 2.65 bits per heavy atom. The lowest BCUT2D eigenvalue weighted by atomic mass is 9.61. The van der Waals surface area contributed by atoms with Crippen molar-refractivity contribution >= 4 is 5.97 Å². The molecule has 0 unspecified atom stereocenters. The molecule has 0 heterocycles. The van der Waals surface area contributed by atoms with Crippen LogP contribution in [0.4, 0.5) is 0 Å². The highest BCUT2D eigenvalue weighted by Gasteiger charge is 2.52. The minimum Gasteiger partial charge on any atom is -0.508 e. The fourth-order valence-electron chi connectivity index (χ4n) is 2.37. The number of hydrogen-bond donors (Lipinski definition) is 3. The summed E-state index contributed by atoms with van der Waals surface area (Å²) in [6, 6.07) is 4.47. The van der Waals surface area contributed by atoms with Gasteiger partial charge in [0, 0.05) is 11.6 Å². The van der Waals surface area contributed by atoms with Crippen LogP contribution in [0.25, 0.3) is 0 Å². The van der Waals surface area contributed by atoms with Crippen LogP contribution >= 0.6 is 0 Å². The molecule has 0 spiro atoms. The number of carbonyl (C=O) groups is 1. The van der Waals surface area contributed by atoms with E-state index in [2.05, 4.69) is 0 Å². The molecule has 2 rings (SSSR count). The lowest BCUT2D eigenvalue weighted by Crippen LogP contribution is -2.54. The Morgan fingerprint density at radius 1 is 1.53 bits per heavy atom. The minimum atomic E-state index is -1.07. The molecular weight excluding hydrogens is 222 g/mol. The van der Waals surface area contributed by atoms with Crippen molar-refractivity contribution < 1.29 is 19.7 Å². The van der Waals surface area contributed by atoms with Crippen LogP contribution in [0.1, 0.15) is 18.4 Å². The van der Waals surface area contributed by atoms with Crippen LogP contribution in [-0.2, 0) is 10.2 Å². The molecule has 92 valence electrons. The second-order valence-electron chi connectivity index (χ2n) is 4.44. The first kappa shape index (κ1) is 11.7. The zero-order valence-electron chi connectivity index (χ0n) is 9.51. The molecule has 0 atom stereocenters. The zero-order valence-corrected chi connectivity index (χ0v) is 9.51. The Labute approximate surface area is 98.8 Å². The van der Waals surface area contributed by atoms with Crippen LogP contribution < -0.4 is 10.5 Å². The number of methoxy groups -OCH3 is 1. The summed E-state index contributed by atoms with van der Waals surface area (Å²) in [4.78, 5) is 11.4. The van der Waals surface area contributed by atoms with Crippen LogP contribution in [0.3, 0.4) is 0 Å². The van der Waals surface area contributed by atoms with Crippen LogP contribution in [0, 0.1) is 0 Å². The van der Waals surface area contributed by atoms with E-state index < -0.39 is 11.4 Å². The standard InChI is InChI=1S/C12H15NO4/c1-17-8-2-3-10(14)9(4-8)12(11(15)16)5-7(13)6-12/h2-4,7,14H,5-6,13H2,1H3,(H,15,16). The van der Waals surface area contributed by atoms with Crippen molar-refractivity contribution in [1.82, 2.24) is 0 Å². The summed E-state index contributed by atoms with van der Waals surface area (Å²) in [5, 5.41) is 19.1. The van der Waals surface area contributed by atoms with Gasteiger partial charge < -0.3 is 20.7 Å². The average Bonchev–Trinajstić information content (AvgIpc) is 2.25. The highest BCUT2D eigenvalue weighted by molar-refractivity contribution is 5.84. The summed E-state index contributed by atoms with van der Waals surface area (Å²) >= 11 is 0. The molecule has 5 heteroatoms. The Hall–Kier alpha value is -1.75. The molecule has 1 aromatic rings. The van der Waals surface area contributed by atoms with E-state index in [9.17, 15) is 15.0 Å². The molecule has 1 fully saturated rings. The number of aromatic hydroxyl groups is 1. The topological polar surface area (TPSA) is 92.8 Å². The van der Waals surface area contributed by atoms with Crippen molar-refractivity contribution in [2.75, 3.05) is 7.11 Å². The monoisotopic (exact) mass is 237 g/mol. The Morgan fingerprint density at radius 2 is 2.18 bits per heavy atom. The average molecular weight is 237 g/mol. The first-order valence-electron chi connectivity index (χ1n) is 5.36. The molecule has 1 aromatic carbocycles. The Kier molecular flexibility index (Phi) is 2.71. The second-order valence-corrected chi connectivity index (χ2v) is 4.44. The zero-order chi connectivity index (χ0) is 12.6. The van der Waals surface area contributed by atoms with Gasteiger partial charge >= 0.3 is 5.97 Å². The fraction of sp³-hybridized carbons (Fsp3) is 0.417. The number of ether oxygens (including phenoxy) is 1. The molecule has 0 bridgehead atoms. The molecule has 0 aromatic heterocycles. The Bertz CT molecular complexity index is 452. The quantitative estimate of drug-likeness (QED) is 0.724. The van der Waals surface area contributed by atoms with E-state index in [1.165, 1.54) is 13.2 Å². The SMILES string of the molecule is COc1ccc(O)c(C2(C(=O)O)CC(N)C2)c1. The van der Waals surface area contributed by atoms with Crippen LogP contribution in [0.5, 0.6) is 11.5 Å². The summed E-state index contributed by atoms with van der Waals surface area (Å²) in [5.74, 6) is -0.457. The van der Waals surface area contributed by atoms with Crippen molar-refractivity contribution in [3.63, 3.8) is 0 Å². The molecule has 0 aliphatic heterocycles. The number of phenolic OH excluding ortho intramolecular Hbond substituents is 1. The number of benzene rings is 1. The van der Waals surface area contributed by atoms with Crippen LogP contribution in [-0.4, -0.2) is 29.3 Å². The number of nitrogens with two attached hydrogens (primary N) is 1. The van der Waals surface area contributed by atoms with Crippen LogP contribution in [0.2, 0.25) is 0 Å². The fourth-order valence-corrected chi connectivity index (χ4v) is 2.37. The third kappa shape index (κ3) is 1.72. The maximum Gasteiger partial charge on any atom is 0.314 e. The molecule has 1 saturated carbocycles. The predicted molar refractivity (Wildman–Crippen MR) is 61.2 cm³/mol. The third-order valence-electron chi connectivity index (χ3n) is 3.35. The normalized spacial score (nSPS) is 27.3. The van der Waals surface area contributed by atoms with Gasteiger partial charge in [-0.3, -0.25) is 4.79 Å². The largest absolute Gasteiger partial charge is 0.508 e. The third-order valence-corrected chi connectivity index (χ3v) is 3.35. The molecule has 0 radical (unpaired) electrons. The number of carboxylic acids is 1. The van der Waals surface area contributed by atoms with Crippen molar-refractivity contribution in [2.24, 2.45) is 5.73 Å². The van der Waals surface area contributed by atoms with E-state index in [0.29, 0.717) is 24.2 Å². The van der Waals surface area contributed by atoms with E-state index in [1.807, 2.05) is 0 Å². The molecule has 4 N–H and O–H groups in total. The highest BCUT2D eigenvalue weighted by Crippen LogP contribution is 2.47. The van der Waals surface area contributed by atoms with Gasteiger partial charge in [-0.25, -0.2) is 0 Å². The Balaban J connectivity index is 2.47. The predicted octanol–water partition coefficient (Wildman–Crippen LogP) is 0.844. The first-order valence-corrected chi connectivity index (χ1v) is 5.36. The molecule has 5 nitrogen and oxygen atoms in total. The number of carboxylic acid groups (broad SMARTS) is 1. The van der Waals surface area contributed by atoms with Gasteiger partial charge in [0.15, 0.2) is 0 Å². The number of hydrogen-bond acceptors (Lipinski definition) is 4. The maximum atomic E-state index is 11.4. The van der Waals surface area contributed by atoms with E-state index in [1.54, 1.807) is 12.1 Å². The van der Waals surface area contributed by atoms with Gasteiger partial charge in [0.1, 0.15) is 11.5 Å². The van der Waals surface area contributed by atoms with Gasteiger partial charge in [0.2, 0.25) is 0 Å². The van der Waals surface area contributed by atoms with Crippen molar-refractivity contribution in [3.8, 4) is 11.5 Å². The number of phenols is 1. The second kappa shape index (κ2) is 3.92. The molecule has 1 aliphatic carbocycles. The first-order chi connectivity index (χ1) is 7.99. The summed E-state index contributed by atoms with van der Waals surface area (Å²) in [6.07, 6.45) is 0.673. The van der Waals surface area contributed by atoms with Gasteiger partial charge in [-0.05, 0) is 31.0 Å². The molecule has 1 aliphatic rings.